The van der Waals surface area contributed by atoms with E-state index in [0.717, 1.165) is 17.9 Å². The van der Waals surface area contributed by atoms with Crippen LogP contribution in [0.25, 0.3) is 0 Å². The summed E-state index contributed by atoms with van der Waals surface area (Å²) in [5.41, 5.74) is 1.14. The molecule has 4 nitrogen and oxygen atoms in total. The molecule has 19 heavy (non-hydrogen) atoms. The van der Waals surface area contributed by atoms with Crippen molar-refractivity contribution in [2.45, 2.75) is 32.7 Å². The van der Waals surface area contributed by atoms with Gasteiger partial charge in [0.2, 0.25) is 0 Å². The maximum absolute atomic E-state index is 5.57. The Kier molecular flexibility index (Phi) is 5.63. The fourth-order valence-electron chi connectivity index (χ4n) is 1.57. The minimum absolute atomic E-state index is 0.260. The van der Waals surface area contributed by atoms with Crippen LogP contribution in [0, 0.1) is 0 Å². The van der Waals surface area contributed by atoms with Gasteiger partial charge in [0, 0.05) is 0 Å². The van der Waals surface area contributed by atoms with Crippen LogP contribution in [0.5, 0.6) is 5.75 Å². The van der Waals surface area contributed by atoms with Crippen molar-refractivity contribution in [1.29, 1.82) is 0 Å². The maximum Gasteiger partial charge on any atom is 0.119 e. The molecule has 2 rings (SSSR count). The van der Waals surface area contributed by atoms with Gasteiger partial charge in [-0.1, -0.05) is 12.1 Å². The Labute approximate surface area is 114 Å². The molecular weight excluding hydrogens is 244 g/mol. The highest BCUT2D eigenvalue weighted by molar-refractivity contribution is 5.26. The molecule has 0 N–H and O–H groups in total. The van der Waals surface area contributed by atoms with Gasteiger partial charge in [0.1, 0.15) is 18.5 Å². The second-order valence-electron chi connectivity index (χ2n) is 4.88. The molecule has 1 aliphatic heterocycles. The lowest BCUT2D eigenvalue weighted by molar-refractivity contribution is 0.0143. The molecule has 0 radical (unpaired) electrons. The van der Waals surface area contributed by atoms with Gasteiger partial charge >= 0.3 is 0 Å². The molecular formula is C15H22O4. The number of hydrogen-bond donors (Lipinski definition) is 0. The van der Waals surface area contributed by atoms with Crippen molar-refractivity contribution in [3.05, 3.63) is 29.8 Å². The summed E-state index contributed by atoms with van der Waals surface area (Å²) in [6.45, 7) is 7.37. The summed E-state index contributed by atoms with van der Waals surface area (Å²) in [5.74, 6) is 0.877. The first kappa shape index (κ1) is 14.3. The Bertz CT molecular complexity index is 357. The lowest BCUT2D eigenvalue weighted by Crippen LogP contribution is -2.09. The molecule has 0 amide bonds. The van der Waals surface area contributed by atoms with Crippen molar-refractivity contribution in [2.24, 2.45) is 0 Å². The Morgan fingerprint density at radius 1 is 1.21 bits per heavy atom. The van der Waals surface area contributed by atoms with E-state index in [-0.39, 0.29) is 6.10 Å². The van der Waals surface area contributed by atoms with Gasteiger partial charge < -0.3 is 18.9 Å². The largest absolute Gasteiger partial charge is 0.491 e. The Morgan fingerprint density at radius 2 is 1.95 bits per heavy atom. The molecule has 106 valence electrons. The highest BCUT2D eigenvalue weighted by Crippen LogP contribution is 2.16. The Balaban J connectivity index is 1.60. The highest BCUT2D eigenvalue weighted by atomic mass is 16.6. The maximum atomic E-state index is 5.57. The van der Waals surface area contributed by atoms with Crippen LogP contribution >= 0.6 is 0 Å². The van der Waals surface area contributed by atoms with E-state index in [4.69, 9.17) is 18.9 Å². The minimum Gasteiger partial charge on any atom is -0.491 e. The van der Waals surface area contributed by atoms with Crippen LogP contribution in [0.3, 0.4) is 0 Å². The number of ether oxygens (including phenoxy) is 4. The molecule has 1 aromatic carbocycles. The van der Waals surface area contributed by atoms with Gasteiger partial charge in [-0.25, -0.2) is 0 Å². The summed E-state index contributed by atoms with van der Waals surface area (Å²) in [5, 5.41) is 0. The highest BCUT2D eigenvalue weighted by Gasteiger charge is 2.22. The second kappa shape index (κ2) is 7.48. The SMILES string of the molecule is CC(C)OCCOCc1ccc(OCC2CO2)cc1. The third-order valence-corrected chi connectivity index (χ3v) is 2.71. The number of hydrogen-bond acceptors (Lipinski definition) is 4. The predicted molar refractivity (Wildman–Crippen MR) is 72.4 cm³/mol. The van der Waals surface area contributed by atoms with Crippen LogP contribution in [-0.4, -0.2) is 38.6 Å². The van der Waals surface area contributed by atoms with Crippen LogP contribution in [0.2, 0.25) is 0 Å². The Morgan fingerprint density at radius 3 is 2.58 bits per heavy atom. The van der Waals surface area contributed by atoms with Crippen LogP contribution in [-0.2, 0) is 20.8 Å². The monoisotopic (exact) mass is 266 g/mol. The lowest BCUT2D eigenvalue weighted by Gasteiger charge is -2.09. The molecule has 1 aromatic rings. The molecule has 0 spiro atoms. The molecule has 0 aromatic heterocycles. The van der Waals surface area contributed by atoms with Crippen LogP contribution in [0.1, 0.15) is 19.4 Å². The van der Waals surface area contributed by atoms with Crippen molar-refractivity contribution in [3.63, 3.8) is 0 Å². The third kappa shape index (κ3) is 6.05. The topological polar surface area (TPSA) is 40.2 Å². The average molecular weight is 266 g/mol. The van der Waals surface area contributed by atoms with Gasteiger partial charge in [-0.2, -0.15) is 0 Å². The van der Waals surface area contributed by atoms with E-state index in [1.807, 2.05) is 38.1 Å². The van der Waals surface area contributed by atoms with Crippen molar-refractivity contribution in [3.8, 4) is 5.75 Å². The first-order valence-electron chi connectivity index (χ1n) is 6.77. The van der Waals surface area contributed by atoms with Crippen LogP contribution in [0.4, 0.5) is 0 Å². The van der Waals surface area contributed by atoms with E-state index in [9.17, 15) is 0 Å². The van der Waals surface area contributed by atoms with Crippen molar-refractivity contribution in [2.75, 3.05) is 26.4 Å². The summed E-state index contributed by atoms with van der Waals surface area (Å²) < 4.78 is 21.6. The Hall–Kier alpha value is -1.10. The summed E-state index contributed by atoms with van der Waals surface area (Å²) in [6, 6.07) is 7.97. The summed E-state index contributed by atoms with van der Waals surface area (Å²) in [4.78, 5) is 0. The van der Waals surface area contributed by atoms with Crippen molar-refractivity contribution in [1.82, 2.24) is 0 Å². The molecule has 0 saturated carbocycles. The first-order chi connectivity index (χ1) is 9.24. The normalized spacial score (nSPS) is 17.7. The minimum atomic E-state index is 0.260. The van der Waals surface area contributed by atoms with E-state index < -0.39 is 0 Å². The van der Waals surface area contributed by atoms with Gasteiger partial charge in [-0.05, 0) is 31.5 Å². The predicted octanol–water partition coefficient (Wildman–Crippen LogP) is 2.41. The van der Waals surface area contributed by atoms with Gasteiger partial charge in [-0.15, -0.1) is 0 Å². The van der Waals surface area contributed by atoms with Crippen LogP contribution < -0.4 is 4.74 Å². The van der Waals surface area contributed by atoms with E-state index in [1.165, 1.54) is 0 Å². The summed E-state index contributed by atoms with van der Waals surface area (Å²) in [7, 11) is 0. The molecule has 1 saturated heterocycles. The smallest absolute Gasteiger partial charge is 0.119 e. The molecule has 1 heterocycles. The van der Waals surface area contributed by atoms with E-state index in [0.29, 0.717) is 32.5 Å². The fraction of sp³-hybridized carbons (Fsp3) is 0.600. The molecule has 4 heteroatoms. The number of epoxide rings is 1. The number of rotatable bonds is 9. The van der Waals surface area contributed by atoms with Gasteiger partial charge in [-0.3, -0.25) is 0 Å². The molecule has 1 aliphatic rings. The zero-order chi connectivity index (χ0) is 13.5. The zero-order valence-corrected chi connectivity index (χ0v) is 11.6. The van der Waals surface area contributed by atoms with E-state index in [1.54, 1.807) is 0 Å². The van der Waals surface area contributed by atoms with Gasteiger partial charge in [0.05, 0.1) is 32.5 Å². The third-order valence-electron chi connectivity index (χ3n) is 2.71. The average Bonchev–Trinajstić information content (AvgIpc) is 3.21. The summed E-state index contributed by atoms with van der Waals surface area (Å²) >= 11 is 0. The summed E-state index contributed by atoms with van der Waals surface area (Å²) in [6.07, 6.45) is 0.555. The molecule has 1 unspecified atom stereocenters. The molecule has 1 fully saturated rings. The lowest BCUT2D eigenvalue weighted by atomic mass is 10.2. The van der Waals surface area contributed by atoms with E-state index >= 15 is 0 Å². The van der Waals surface area contributed by atoms with Crippen molar-refractivity contribution >= 4 is 0 Å². The zero-order valence-electron chi connectivity index (χ0n) is 11.6. The quantitative estimate of drug-likeness (QED) is 0.508. The van der Waals surface area contributed by atoms with E-state index in [2.05, 4.69) is 0 Å². The molecule has 0 bridgehead atoms. The fourth-order valence-corrected chi connectivity index (χ4v) is 1.57. The van der Waals surface area contributed by atoms with Gasteiger partial charge in [0.15, 0.2) is 0 Å². The van der Waals surface area contributed by atoms with Crippen LogP contribution in [0.15, 0.2) is 24.3 Å². The first-order valence-corrected chi connectivity index (χ1v) is 6.77. The standard InChI is InChI=1S/C15H22O4/c1-12(2)17-8-7-16-9-13-3-5-14(6-4-13)18-10-15-11-19-15/h3-6,12,15H,7-11H2,1-2H3. The second-order valence-corrected chi connectivity index (χ2v) is 4.88. The molecule has 0 aliphatic carbocycles. The number of benzene rings is 1. The molecule has 1 atom stereocenters. The van der Waals surface area contributed by atoms with Gasteiger partial charge in [0.25, 0.3) is 0 Å². The van der Waals surface area contributed by atoms with Crippen molar-refractivity contribution < 1.29 is 18.9 Å².